The van der Waals surface area contributed by atoms with Crippen molar-refractivity contribution in [3.8, 4) is 11.1 Å². The van der Waals surface area contributed by atoms with E-state index in [-0.39, 0.29) is 24.9 Å². The summed E-state index contributed by atoms with van der Waals surface area (Å²) in [4.78, 5) is 11.7. The van der Waals surface area contributed by atoms with E-state index in [4.69, 9.17) is 4.42 Å². The van der Waals surface area contributed by atoms with Crippen LogP contribution in [-0.4, -0.2) is 29.7 Å². The van der Waals surface area contributed by atoms with Crippen molar-refractivity contribution in [1.29, 1.82) is 0 Å². The second-order valence-corrected chi connectivity index (χ2v) is 8.63. The number of hydrogen-bond donors (Lipinski definition) is 3. The summed E-state index contributed by atoms with van der Waals surface area (Å²) in [6.07, 6.45) is 5.49. The van der Waals surface area contributed by atoms with Crippen LogP contribution in [0, 0.1) is 11.6 Å². The van der Waals surface area contributed by atoms with E-state index in [1.807, 2.05) is 6.07 Å². The molecule has 0 saturated carbocycles. The lowest BCUT2D eigenvalue weighted by atomic mass is 9.85. The molecule has 1 aliphatic rings. The highest BCUT2D eigenvalue weighted by Gasteiger charge is 2.25. The van der Waals surface area contributed by atoms with Gasteiger partial charge < -0.3 is 20.2 Å². The van der Waals surface area contributed by atoms with E-state index in [1.54, 1.807) is 12.5 Å². The Morgan fingerprint density at radius 3 is 2.64 bits per heavy atom. The number of carbonyl (C=O) groups is 1. The highest BCUT2D eigenvalue weighted by Crippen LogP contribution is 2.33. The Morgan fingerprint density at radius 2 is 1.94 bits per heavy atom. The lowest BCUT2D eigenvalue weighted by molar-refractivity contribution is -0.120. The number of aliphatic hydroxyl groups is 1. The Balaban J connectivity index is 1.47. The molecule has 3 atom stereocenters. The highest BCUT2D eigenvalue weighted by atomic mass is 19.1. The van der Waals surface area contributed by atoms with Crippen LogP contribution in [0.15, 0.2) is 59.4 Å². The number of furan rings is 1. The van der Waals surface area contributed by atoms with Crippen LogP contribution in [0.3, 0.4) is 0 Å². The van der Waals surface area contributed by atoms with E-state index in [0.717, 1.165) is 36.5 Å². The van der Waals surface area contributed by atoms with Gasteiger partial charge in [0, 0.05) is 31.1 Å². The van der Waals surface area contributed by atoms with Crippen molar-refractivity contribution in [2.75, 3.05) is 6.54 Å². The maximum atomic E-state index is 13.6. The molecule has 0 radical (unpaired) electrons. The quantitative estimate of drug-likeness (QED) is 0.475. The van der Waals surface area contributed by atoms with Gasteiger partial charge in [-0.15, -0.1) is 0 Å². The van der Waals surface area contributed by atoms with Gasteiger partial charge in [0.15, 0.2) is 0 Å². The molecule has 1 aromatic heterocycles. The fraction of sp³-hybridized carbons (Fsp3) is 0.346. The minimum atomic E-state index is -0.942. The van der Waals surface area contributed by atoms with Crippen LogP contribution < -0.4 is 10.6 Å². The Labute approximate surface area is 191 Å². The van der Waals surface area contributed by atoms with E-state index >= 15 is 0 Å². The van der Waals surface area contributed by atoms with Crippen LogP contribution in [0.1, 0.15) is 42.5 Å². The first-order chi connectivity index (χ1) is 15.9. The Bertz CT molecular complexity index is 1080. The Kier molecular flexibility index (Phi) is 7.20. The molecule has 0 fully saturated rings. The number of hydrogen-bond acceptors (Lipinski definition) is 4. The number of halogens is 2. The Morgan fingerprint density at radius 1 is 1.15 bits per heavy atom. The molecule has 0 bridgehead atoms. The molecule has 174 valence electrons. The molecule has 5 nitrogen and oxygen atoms in total. The van der Waals surface area contributed by atoms with Crippen LogP contribution in [-0.2, 0) is 17.6 Å². The molecule has 1 heterocycles. The maximum Gasteiger partial charge on any atom is 0.217 e. The smallest absolute Gasteiger partial charge is 0.217 e. The van der Waals surface area contributed by atoms with E-state index in [2.05, 4.69) is 28.8 Å². The summed E-state index contributed by atoms with van der Waals surface area (Å²) in [7, 11) is 0. The molecule has 3 aromatic rings. The van der Waals surface area contributed by atoms with Gasteiger partial charge in [-0.05, 0) is 72.2 Å². The number of aryl methyl sites for hydroxylation is 1. The summed E-state index contributed by atoms with van der Waals surface area (Å²) < 4.78 is 32.4. The van der Waals surface area contributed by atoms with Crippen LogP contribution in [0.5, 0.6) is 0 Å². The molecule has 3 N–H and O–H groups in total. The Hall–Kier alpha value is -3.03. The van der Waals surface area contributed by atoms with Crippen LogP contribution >= 0.6 is 0 Å². The fourth-order valence-electron chi connectivity index (χ4n) is 4.55. The molecule has 33 heavy (non-hydrogen) atoms. The molecule has 0 spiro atoms. The second-order valence-electron chi connectivity index (χ2n) is 8.63. The summed E-state index contributed by atoms with van der Waals surface area (Å²) >= 11 is 0. The monoisotopic (exact) mass is 454 g/mol. The zero-order valence-corrected chi connectivity index (χ0v) is 18.5. The van der Waals surface area contributed by atoms with Crippen LogP contribution in [0.4, 0.5) is 8.78 Å². The third-order valence-electron chi connectivity index (χ3n) is 6.12. The third-order valence-corrected chi connectivity index (χ3v) is 6.12. The van der Waals surface area contributed by atoms with Crippen LogP contribution in [0.2, 0.25) is 0 Å². The zero-order chi connectivity index (χ0) is 23.4. The molecule has 7 heteroatoms. The summed E-state index contributed by atoms with van der Waals surface area (Å²) in [6, 6.07) is 10.9. The maximum absolute atomic E-state index is 13.6. The number of amides is 1. The number of aliphatic hydroxyl groups excluding tert-OH is 1. The normalized spacial score (nSPS) is 17.3. The summed E-state index contributed by atoms with van der Waals surface area (Å²) in [5.74, 6) is -1.69. The van der Waals surface area contributed by atoms with Crippen molar-refractivity contribution in [1.82, 2.24) is 10.6 Å². The average Bonchev–Trinajstić information content (AvgIpc) is 3.30. The van der Waals surface area contributed by atoms with Gasteiger partial charge in [-0.1, -0.05) is 12.1 Å². The fourth-order valence-corrected chi connectivity index (χ4v) is 4.55. The van der Waals surface area contributed by atoms with E-state index in [9.17, 15) is 18.7 Å². The SMILES string of the molecule is CC(=O)N[C@@H](Cc1cc(F)cc(F)c1)[C@H](O)CN[C@H]1CCCc2ccc(-c3ccoc3)cc21. The molecule has 0 unspecified atom stereocenters. The van der Waals surface area contributed by atoms with Crippen molar-refractivity contribution in [2.45, 2.75) is 50.8 Å². The average molecular weight is 455 g/mol. The lowest BCUT2D eigenvalue weighted by Crippen LogP contribution is -2.48. The second kappa shape index (κ2) is 10.3. The summed E-state index contributed by atoms with van der Waals surface area (Å²) in [5.41, 5.74) is 4.92. The van der Waals surface area contributed by atoms with Gasteiger partial charge in [0.25, 0.3) is 0 Å². The molecule has 1 aliphatic carbocycles. The minimum Gasteiger partial charge on any atom is -0.472 e. The molecular weight excluding hydrogens is 426 g/mol. The molecule has 1 amide bonds. The molecule has 4 rings (SSSR count). The first kappa shape index (κ1) is 23.1. The van der Waals surface area contributed by atoms with Gasteiger partial charge >= 0.3 is 0 Å². The molecule has 0 saturated heterocycles. The van der Waals surface area contributed by atoms with Gasteiger partial charge in [-0.3, -0.25) is 4.79 Å². The van der Waals surface area contributed by atoms with E-state index in [0.29, 0.717) is 5.56 Å². The number of carbonyl (C=O) groups excluding carboxylic acids is 1. The standard InChI is InChI=1S/C26H28F2N2O3/c1-16(31)30-25(11-17-9-21(27)13-22(28)10-17)26(32)14-29-24-4-2-3-18-5-6-19(12-23(18)24)20-7-8-33-15-20/h5-10,12-13,15,24-26,29,32H,2-4,11,14H2,1H3,(H,30,31)/t24-,25-,26+/m0/s1. The topological polar surface area (TPSA) is 74.5 Å². The zero-order valence-electron chi connectivity index (χ0n) is 18.5. The number of benzene rings is 2. The third kappa shape index (κ3) is 5.86. The van der Waals surface area contributed by atoms with Crippen LogP contribution in [0.25, 0.3) is 11.1 Å². The lowest BCUT2D eigenvalue weighted by Gasteiger charge is -2.30. The van der Waals surface area contributed by atoms with Crippen molar-refractivity contribution in [2.24, 2.45) is 0 Å². The number of rotatable bonds is 8. The van der Waals surface area contributed by atoms with Crippen molar-refractivity contribution < 1.29 is 23.1 Å². The summed E-state index contributed by atoms with van der Waals surface area (Å²) in [5, 5.41) is 17.0. The summed E-state index contributed by atoms with van der Waals surface area (Å²) in [6.45, 7) is 1.58. The van der Waals surface area contributed by atoms with Gasteiger partial charge in [0.2, 0.25) is 5.91 Å². The van der Waals surface area contributed by atoms with E-state index < -0.39 is 23.8 Å². The largest absolute Gasteiger partial charge is 0.472 e. The highest BCUT2D eigenvalue weighted by molar-refractivity contribution is 5.73. The number of fused-ring (bicyclic) bond motifs is 1. The first-order valence-electron chi connectivity index (χ1n) is 11.2. The molecular formula is C26H28F2N2O3. The van der Waals surface area contributed by atoms with Gasteiger partial charge in [0.05, 0.1) is 24.7 Å². The van der Waals surface area contributed by atoms with Crippen molar-refractivity contribution in [3.63, 3.8) is 0 Å². The van der Waals surface area contributed by atoms with Gasteiger partial charge in [-0.2, -0.15) is 0 Å². The van der Waals surface area contributed by atoms with E-state index in [1.165, 1.54) is 30.2 Å². The predicted octanol–water partition coefficient (Wildman–Crippen LogP) is 4.30. The van der Waals surface area contributed by atoms with Crippen molar-refractivity contribution in [3.05, 3.63) is 83.3 Å². The molecule has 0 aliphatic heterocycles. The van der Waals surface area contributed by atoms with Crippen molar-refractivity contribution >= 4 is 5.91 Å². The number of nitrogens with one attached hydrogen (secondary N) is 2. The van der Waals surface area contributed by atoms with Gasteiger partial charge in [-0.25, -0.2) is 8.78 Å². The van der Waals surface area contributed by atoms with Gasteiger partial charge in [0.1, 0.15) is 11.6 Å². The predicted molar refractivity (Wildman–Crippen MR) is 121 cm³/mol. The first-order valence-corrected chi connectivity index (χ1v) is 11.2. The molecule has 2 aromatic carbocycles. The minimum absolute atomic E-state index is 0.0554.